The van der Waals surface area contributed by atoms with Crippen molar-refractivity contribution in [2.75, 3.05) is 39.5 Å². The van der Waals surface area contributed by atoms with Gasteiger partial charge in [-0.1, -0.05) is 59.2 Å². The Morgan fingerprint density at radius 1 is 0.966 bits per heavy atom. The van der Waals surface area contributed by atoms with Gasteiger partial charge in [0, 0.05) is 24.7 Å². The normalized spacial score (nSPS) is 15.4. The van der Waals surface area contributed by atoms with Crippen LogP contribution < -0.4 is 0 Å². The predicted octanol–water partition coefficient (Wildman–Crippen LogP) is 5.20. The van der Waals surface area contributed by atoms with Crippen LogP contribution in [0.5, 0.6) is 0 Å². The second kappa shape index (κ2) is 12.6. The smallest absolute Gasteiger partial charge is 0.118 e. The van der Waals surface area contributed by atoms with Crippen LogP contribution in [0.25, 0.3) is 0 Å². The highest BCUT2D eigenvalue weighted by Crippen LogP contribution is 2.15. The van der Waals surface area contributed by atoms with Crippen LogP contribution in [0.3, 0.4) is 0 Å². The molecule has 0 unspecified atom stereocenters. The van der Waals surface area contributed by atoms with Gasteiger partial charge in [0.1, 0.15) is 6.61 Å². The van der Waals surface area contributed by atoms with Crippen LogP contribution in [0.4, 0.5) is 0 Å². The number of rotatable bonds is 11. The fraction of sp³-hybridized carbons (Fsp3) is 0.458. The molecule has 0 atom stereocenters. The number of morpholine rings is 1. The standard InChI is InChI=1S/C24H31ClN2O2/c25-23-13-11-22(12-14-23)24(10-5-4-9-21-7-2-1-3-8-21)26-29-18-6-15-27-16-19-28-20-17-27/h1-3,7-8,11-14H,4-6,9-10,15-20H2/b26-24+. The Kier molecular flexibility index (Phi) is 9.51. The summed E-state index contributed by atoms with van der Waals surface area (Å²) in [7, 11) is 0. The highest BCUT2D eigenvalue weighted by Gasteiger charge is 2.09. The molecule has 5 heteroatoms. The quantitative estimate of drug-likeness (QED) is 0.288. The zero-order valence-corrected chi connectivity index (χ0v) is 17.8. The third kappa shape index (κ3) is 8.17. The Hall–Kier alpha value is -1.88. The number of benzene rings is 2. The van der Waals surface area contributed by atoms with Gasteiger partial charge in [0.05, 0.1) is 18.9 Å². The van der Waals surface area contributed by atoms with Gasteiger partial charge in [-0.2, -0.15) is 0 Å². The molecule has 0 radical (unpaired) electrons. The summed E-state index contributed by atoms with van der Waals surface area (Å²) in [5, 5.41) is 5.22. The molecule has 4 nitrogen and oxygen atoms in total. The van der Waals surface area contributed by atoms with Crippen LogP contribution in [0.2, 0.25) is 5.02 Å². The SMILES string of the molecule is Clc1ccc(/C(CCCCc2ccccc2)=N/OCCCN2CCOCC2)cc1. The minimum atomic E-state index is 0.637. The summed E-state index contributed by atoms with van der Waals surface area (Å²) < 4.78 is 5.39. The largest absolute Gasteiger partial charge is 0.396 e. The Labute approximate surface area is 179 Å². The maximum absolute atomic E-state index is 6.05. The van der Waals surface area contributed by atoms with Crippen LogP contribution >= 0.6 is 11.6 Å². The summed E-state index contributed by atoms with van der Waals surface area (Å²) in [6.45, 7) is 5.37. The van der Waals surface area contributed by atoms with Crippen LogP contribution in [0.1, 0.15) is 36.8 Å². The number of unbranched alkanes of at least 4 members (excludes halogenated alkanes) is 1. The zero-order valence-electron chi connectivity index (χ0n) is 17.1. The average molecular weight is 415 g/mol. The summed E-state index contributed by atoms with van der Waals surface area (Å²) in [4.78, 5) is 8.10. The monoisotopic (exact) mass is 414 g/mol. The number of nitrogens with zero attached hydrogens (tertiary/aromatic N) is 2. The fourth-order valence-corrected chi connectivity index (χ4v) is 3.58. The van der Waals surface area contributed by atoms with E-state index in [0.717, 1.165) is 81.2 Å². The van der Waals surface area contributed by atoms with Crippen molar-refractivity contribution in [2.24, 2.45) is 5.16 Å². The van der Waals surface area contributed by atoms with E-state index in [9.17, 15) is 0 Å². The summed E-state index contributed by atoms with van der Waals surface area (Å²) in [5.41, 5.74) is 3.47. The van der Waals surface area contributed by atoms with Crippen LogP contribution in [0, 0.1) is 0 Å². The summed E-state index contributed by atoms with van der Waals surface area (Å²) in [6, 6.07) is 18.5. The molecule has 0 spiro atoms. The van der Waals surface area contributed by atoms with E-state index >= 15 is 0 Å². The number of aryl methyl sites for hydroxylation is 1. The van der Waals surface area contributed by atoms with E-state index in [0.29, 0.717) is 6.61 Å². The fourth-order valence-electron chi connectivity index (χ4n) is 3.45. The topological polar surface area (TPSA) is 34.1 Å². The first kappa shape index (κ1) is 21.8. The van der Waals surface area contributed by atoms with Crippen molar-refractivity contribution in [3.63, 3.8) is 0 Å². The van der Waals surface area contributed by atoms with E-state index in [1.165, 1.54) is 5.56 Å². The number of halogens is 1. The van der Waals surface area contributed by atoms with Crippen molar-refractivity contribution in [3.8, 4) is 0 Å². The highest BCUT2D eigenvalue weighted by molar-refractivity contribution is 6.30. The third-order valence-electron chi connectivity index (χ3n) is 5.14. The lowest BCUT2D eigenvalue weighted by Crippen LogP contribution is -2.37. The first-order valence-corrected chi connectivity index (χ1v) is 11.0. The van der Waals surface area contributed by atoms with Crippen molar-refractivity contribution in [1.29, 1.82) is 0 Å². The Bertz CT molecular complexity index is 728. The van der Waals surface area contributed by atoms with E-state index in [4.69, 9.17) is 21.2 Å². The Morgan fingerprint density at radius 3 is 2.48 bits per heavy atom. The predicted molar refractivity (Wildman–Crippen MR) is 120 cm³/mol. The molecule has 156 valence electrons. The molecule has 1 aliphatic rings. The van der Waals surface area contributed by atoms with E-state index in [1.807, 2.05) is 24.3 Å². The van der Waals surface area contributed by atoms with Gasteiger partial charge in [0.2, 0.25) is 0 Å². The van der Waals surface area contributed by atoms with E-state index in [1.54, 1.807) is 0 Å². The first-order chi connectivity index (χ1) is 14.3. The van der Waals surface area contributed by atoms with Gasteiger partial charge in [-0.15, -0.1) is 0 Å². The van der Waals surface area contributed by atoms with Crippen molar-refractivity contribution in [1.82, 2.24) is 4.90 Å². The molecule has 0 saturated carbocycles. The Morgan fingerprint density at radius 2 is 1.72 bits per heavy atom. The number of hydrogen-bond acceptors (Lipinski definition) is 4. The zero-order chi connectivity index (χ0) is 20.2. The molecule has 1 heterocycles. The van der Waals surface area contributed by atoms with E-state index in [2.05, 4.69) is 40.4 Å². The molecule has 0 bridgehead atoms. The first-order valence-electron chi connectivity index (χ1n) is 10.6. The van der Waals surface area contributed by atoms with Crippen LogP contribution in [-0.2, 0) is 16.0 Å². The molecule has 2 aromatic rings. The molecular formula is C24H31ClN2O2. The van der Waals surface area contributed by atoms with Crippen molar-refractivity contribution in [3.05, 3.63) is 70.7 Å². The van der Waals surface area contributed by atoms with Crippen molar-refractivity contribution < 1.29 is 9.57 Å². The molecule has 2 aromatic carbocycles. The van der Waals surface area contributed by atoms with Gasteiger partial charge in [-0.3, -0.25) is 4.90 Å². The summed E-state index contributed by atoms with van der Waals surface area (Å²) in [5.74, 6) is 0. The average Bonchev–Trinajstić information content (AvgIpc) is 2.77. The third-order valence-corrected chi connectivity index (χ3v) is 5.39. The minimum Gasteiger partial charge on any atom is -0.396 e. The molecular weight excluding hydrogens is 384 g/mol. The molecule has 0 amide bonds. The van der Waals surface area contributed by atoms with Gasteiger partial charge in [0.15, 0.2) is 0 Å². The van der Waals surface area contributed by atoms with Crippen LogP contribution in [-0.4, -0.2) is 50.1 Å². The highest BCUT2D eigenvalue weighted by atomic mass is 35.5. The Balaban J connectivity index is 1.46. The minimum absolute atomic E-state index is 0.637. The molecule has 3 rings (SSSR count). The van der Waals surface area contributed by atoms with Gasteiger partial charge in [-0.25, -0.2) is 0 Å². The van der Waals surface area contributed by atoms with Gasteiger partial charge < -0.3 is 9.57 Å². The van der Waals surface area contributed by atoms with Crippen molar-refractivity contribution in [2.45, 2.75) is 32.1 Å². The molecule has 1 fully saturated rings. The maximum atomic E-state index is 6.05. The summed E-state index contributed by atoms with van der Waals surface area (Å²) >= 11 is 6.05. The number of ether oxygens (including phenoxy) is 1. The maximum Gasteiger partial charge on any atom is 0.118 e. The van der Waals surface area contributed by atoms with Crippen molar-refractivity contribution >= 4 is 17.3 Å². The molecule has 29 heavy (non-hydrogen) atoms. The summed E-state index contributed by atoms with van der Waals surface area (Å²) in [6.07, 6.45) is 5.18. The van der Waals surface area contributed by atoms with Gasteiger partial charge in [0.25, 0.3) is 0 Å². The molecule has 0 aromatic heterocycles. The van der Waals surface area contributed by atoms with Gasteiger partial charge >= 0.3 is 0 Å². The molecule has 0 N–H and O–H groups in total. The molecule has 1 saturated heterocycles. The lowest BCUT2D eigenvalue weighted by molar-refractivity contribution is 0.0322. The van der Waals surface area contributed by atoms with E-state index in [-0.39, 0.29) is 0 Å². The van der Waals surface area contributed by atoms with E-state index < -0.39 is 0 Å². The molecule has 1 aliphatic heterocycles. The van der Waals surface area contributed by atoms with Gasteiger partial charge in [-0.05, 0) is 55.4 Å². The lowest BCUT2D eigenvalue weighted by Gasteiger charge is -2.26. The lowest BCUT2D eigenvalue weighted by atomic mass is 10.0. The van der Waals surface area contributed by atoms with Crippen LogP contribution in [0.15, 0.2) is 59.8 Å². The number of oxime groups is 1. The number of hydrogen-bond donors (Lipinski definition) is 0. The second-order valence-corrected chi connectivity index (χ2v) is 7.81. The second-order valence-electron chi connectivity index (χ2n) is 7.38. The molecule has 0 aliphatic carbocycles.